The second-order valence-electron chi connectivity index (χ2n) is 5.00. The number of anilines is 1. The van der Waals surface area contributed by atoms with Gasteiger partial charge in [0.05, 0.1) is 12.2 Å². The molecule has 0 atom stereocenters. The van der Waals surface area contributed by atoms with Crippen LogP contribution in [0.3, 0.4) is 0 Å². The summed E-state index contributed by atoms with van der Waals surface area (Å²) in [4.78, 5) is 0. The lowest BCUT2D eigenvalue weighted by Crippen LogP contribution is -2.29. The van der Waals surface area contributed by atoms with Crippen molar-refractivity contribution in [2.75, 3.05) is 5.01 Å². The molecule has 2 aromatic carbocycles. The lowest BCUT2D eigenvalue weighted by Gasteiger charge is -2.19. The number of hydrazine groups is 1. The molecule has 0 amide bonds. The maximum atomic E-state index is 6.09. The number of halogens is 2. The van der Waals surface area contributed by atoms with E-state index in [0.717, 1.165) is 16.3 Å². The van der Waals surface area contributed by atoms with E-state index in [1.54, 1.807) is 5.01 Å². The molecule has 0 unspecified atom stereocenters. The number of rotatable bonds is 4. The predicted molar refractivity (Wildman–Crippen MR) is 89.6 cm³/mol. The number of hydrogen-bond acceptors (Lipinski definition) is 2. The zero-order valence-electron chi connectivity index (χ0n) is 11.7. The molecule has 0 aliphatic rings. The minimum atomic E-state index is 0. The molecule has 0 bridgehead atoms. The van der Waals surface area contributed by atoms with Crippen LogP contribution in [-0.4, -0.2) is 0 Å². The number of hydrogen-bond donors (Lipinski definition) is 1. The summed E-state index contributed by atoms with van der Waals surface area (Å²) in [7, 11) is 0. The average Bonchev–Trinajstić information content (AvgIpc) is 2.41. The fourth-order valence-corrected chi connectivity index (χ4v) is 2.05. The molecule has 0 saturated carbocycles. The monoisotopic (exact) mass is 310 g/mol. The first-order valence-corrected chi connectivity index (χ1v) is 6.80. The Morgan fingerprint density at radius 3 is 2.05 bits per heavy atom. The summed E-state index contributed by atoms with van der Waals surface area (Å²) >= 11 is 5.87. The largest absolute Gasteiger partial charge is 0.307 e. The van der Waals surface area contributed by atoms with E-state index in [-0.39, 0.29) is 12.4 Å². The van der Waals surface area contributed by atoms with E-state index in [2.05, 4.69) is 38.1 Å². The van der Waals surface area contributed by atoms with Gasteiger partial charge in [0.15, 0.2) is 0 Å². The van der Waals surface area contributed by atoms with Crippen molar-refractivity contribution in [3.8, 4) is 0 Å². The second kappa shape index (κ2) is 7.53. The quantitative estimate of drug-likeness (QED) is 0.651. The Hall–Kier alpha value is -1.22. The summed E-state index contributed by atoms with van der Waals surface area (Å²) in [5.41, 5.74) is 3.47. The van der Waals surface area contributed by atoms with Gasteiger partial charge >= 0.3 is 0 Å². The van der Waals surface area contributed by atoms with Crippen LogP contribution < -0.4 is 10.9 Å². The molecule has 108 valence electrons. The molecule has 0 aromatic heterocycles. The van der Waals surface area contributed by atoms with E-state index < -0.39 is 0 Å². The highest BCUT2D eigenvalue weighted by molar-refractivity contribution is 6.30. The van der Waals surface area contributed by atoms with Crippen LogP contribution in [-0.2, 0) is 6.54 Å². The van der Waals surface area contributed by atoms with Crippen molar-refractivity contribution in [3.63, 3.8) is 0 Å². The van der Waals surface area contributed by atoms with Crippen LogP contribution in [0.2, 0.25) is 5.02 Å². The molecular formula is C16H20Cl2N2. The van der Waals surface area contributed by atoms with Gasteiger partial charge < -0.3 is 5.01 Å². The molecule has 0 heterocycles. The van der Waals surface area contributed by atoms with Gasteiger partial charge in [0.2, 0.25) is 0 Å². The van der Waals surface area contributed by atoms with Gasteiger partial charge in [-0.25, -0.2) is 5.84 Å². The molecule has 0 spiro atoms. The minimum Gasteiger partial charge on any atom is -0.307 e. The highest BCUT2D eigenvalue weighted by atomic mass is 35.5. The van der Waals surface area contributed by atoms with E-state index in [0.29, 0.717) is 12.5 Å². The first-order chi connectivity index (χ1) is 9.06. The van der Waals surface area contributed by atoms with Crippen LogP contribution >= 0.6 is 24.0 Å². The molecular weight excluding hydrogens is 291 g/mol. The molecule has 20 heavy (non-hydrogen) atoms. The summed E-state index contributed by atoms with van der Waals surface area (Å²) in [6.07, 6.45) is 0. The average molecular weight is 311 g/mol. The summed E-state index contributed by atoms with van der Waals surface area (Å²) in [6.45, 7) is 5.03. The molecule has 0 radical (unpaired) electrons. The van der Waals surface area contributed by atoms with Crippen LogP contribution in [0.5, 0.6) is 0 Å². The predicted octanol–water partition coefficient (Wildman–Crippen LogP) is 4.77. The lowest BCUT2D eigenvalue weighted by atomic mass is 10.0. The summed E-state index contributed by atoms with van der Waals surface area (Å²) in [5, 5.41) is 2.49. The minimum absolute atomic E-state index is 0. The van der Waals surface area contributed by atoms with Gasteiger partial charge in [-0.15, -0.1) is 12.4 Å². The fourth-order valence-electron chi connectivity index (χ4n) is 1.93. The van der Waals surface area contributed by atoms with Gasteiger partial charge in [0.1, 0.15) is 0 Å². The van der Waals surface area contributed by atoms with Crippen molar-refractivity contribution in [1.29, 1.82) is 0 Å². The molecule has 2 aromatic rings. The Balaban J connectivity index is 0.00000200. The Kier molecular flexibility index (Phi) is 6.34. The van der Waals surface area contributed by atoms with Crippen LogP contribution in [0.15, 0.2) is 48.5 Å². The molecule has 0 fully saturated rings. The van der Waals surface area contributed by atoms with Crippen LogP contribution in [0.25, 0.3) is 0 Å². The summed E-state index contributed by atoms with van der Waals surface area (Å²) < 4.78 is 0. The molecule has 2 N–H and O–H groups in total. The zero-order chi connectivity index (χ0) is 13.8. The Bertz CT molecular complexity index is 521. The van der Waals surface area contributed by atoms with Crippen LogP contribution in [0.4, 0.5) is 5.69 Å². The van der Waals surface area contributed by atoms with E-state index in [4.69, 9.17) is 17.4 Å². The highest BCUT2D eigenvalue weighted by Crippen LogP contribution is 2.20. The summed E-state index contributed by atoms with van der Waals surface area (Å²) in [5.74, 6) is 6.63. The SMILES string of the molecule is CC(C)c1ccc(N(N)Cc2ccc(Cl)cc2)cc1.Cl. The van der Waals surface area contributed by atoms with Crippen molar-refractivity contribution in [1.82, 2.24) is 0 Å². The van der Waals surface area contributed by atoms with Crippen molar-refractivity contribution in [3.05, 3.63) is 64.7 Å². The van der Waals surface area contributed by atoms with Gasteiger partial charge in [0.25, 0.3) is 0 Å². The number of nitrogens with two attached hydrogens (primary N) is 1. The van der Waals surface area contributed by atoms with Crippen molar-refractivity contribution >= 4 is 29.7 Å². The Morgan fingerprint density at radius 1 is 1.00 bits per heavy atom. The third-order valence-electron chi connectivity index (χ3n) is 3.16. The van der Waals surface area contributed by atoms with Crippen molar-refractivity contribution in [2.24, 2.45) is 5.84 Å². The normalized spacial score (nSPS) is 10.2. The van der Waals surface area contributed by atoms with Gasteiger partial charge in [-0.3, -0.25) is 0 Å². The second-order valence-corrected chi connectivity index (χ2v) is 5.44. The highest BCUT2D eigenvalue weighted by Gasteiger charge is 2.04. The van der Waals surface area contributed by atoms with Crippen molar-refractivity contribution < 1.29 is 0 Å². The fraction of sp³-hybridized carbons (Fsp3) is 0.250. The zero-order valence-corrected chi connectivity index (χ0v) is 13.3. The molecule has 2 rings (SSSR count). The van der Waals surface area contributed by atoms with E-state index in [9.17, 15) is 0 Å². The molecule has 0 aliphatic carbocycles. The van der Waals surface area contributed by atoms with Gasteiger partial charge in [-0.2, -0.15) is 0 Å². The standard InChI is InChI=1S/C16H19ClN2.ClH/c1-12(2)14-5-9-16(10-6-14)19(18)11-13-3-7-15(17)8-4-13;/h3-10,12H,11,18H2,1-2H3;1H. The molecule has 2 nitrogen and oxygen atoms in total. The lowest BCUT2D eigenvalue weighted by molar-refractivity contribution is 0.843. The smallest absolute Gasteiger partial charge is 0.0592 e. The Labute approximate surface area is 131 Å². The van der Waals surface area contributed by atoms with Gasteiger partial charge in [0, 0.05) is 5.02 Å². The van der Waals surface area contributed by atoms with Crippen LogP contribution in [0, 0.1) is 0 Å². The summed E-state index contributed by atoms with van der Waals surface area (Å²) in [6, 6.07) is 16.1. The topological polar surface area (TPSA) is 29.3 Å². The van der Waals surface area contributed by atoms with E-state index in [1.165, 1.54) is 5.56 Å². The maximum Gasteiger partial charge on any atom is 0.0592 e. The third kappa shape index (κ3) is 4.41. The molecule has 0 aliphatic heterocycles. The maximum absolute atomic E-state index is 6.09. The van der Waals surface area contributed by atoms with E-state index in [1.807, 2.05) is 24.3 Å². The van der Waals surface area contributed by atoms with Gasteiger partial charge in [-0.05, 0) is 41.3 Å². The van der Waals surface area contributed by atoms with Crippen molar-refractivity contribution in [2.45, 2.75) is 26.3 Å². The number of benzene rings is 2. The molecule has 0 saturated heterocycles. The van der Waals surface area contributed by atoms with Crippen LogP contribution in [0.1, 0.15) is 30.9 Å². The third-order valence-corrected chi connectivity index (χ3v) is 3.41. The first-order valence-electron chi connectivity index (χ1n) is 6.43. The number of nitrogens with zero attached hydrogens (tertiary/aromatic N) is 1. The molecule has 4 heteroatoms. The van der Waals surface area contributed by atoms with E-state index >= 15 is 0 Å². The first kappa shape index (κ1) is 16.8. The Morgan fingerprint density at radius 2 is 1.55 bits per heavy atom. The van der Waals surface area contributed by atoms with Gasteiger partial charge in [-0.1, -0.05) is 49.7 Å².